The Bertz CT molecular complexity index is 1400. The number of amides is 1. The normalized spacial score (nSPS) is 20.6. The van der Waals surface area contributed by atoms with Crippen molar-refractivity contribution in [2.45, 2.75) is 70.4 Å². The number of nitrogens with one attached hydrogen (secondary N) is 2. The van der Waals surface area contributed by atoms with Gasteiger partial charge in [0.25, 0.3) is 0 Å². The summed E-state index contributed by atoms with van der Waals surface area (Å²) in [6.45, 7) is 6.32. The van der Waals surface area contributed by atoms with Gasteiger partial charge in [0.05, 0.1) is 5.69 Å². The van der Waals surface area contributed by atoms with E-state index in [0.717, 1.165) is 54.6 Å². The Labute approximate surface area is 218 Å². The Morgan fingerprint density at radius 2 is 1.84 bits per heavy atom. The number of nitrogens with zero attached hydrogens (tertiary/aromatic N) is 3. The SMILES string of the molecule is Cc1nc2c(Nc3ccc(C4CCC4)cc3P(C)(C)=O)cc(NC(=O)C3CC3)nc2n1C1CCCCO1. The molecule has 1 saturated heterocycles. The molecule has 0 bridgehead atoms. The minimum absolute atomic E-state index is 0.00617. The first-order chi connectivity index (χ1) is 17.8. The fraction of sp³-hybridized carbons (Fsp3) is 0.536. The van der Waals surface area contributed by atoms with Crippen molar-refractivity contribution in [3.05, 3.63) is 35.7 Å². The van der Waals surface area contributed by atoms with Gasteiger partial charge < -0.3 is 19.9 Å². The lowest BCUT2D eigenvalue weighted by Gasteiger charge is -2.27. The number of fused-ring (bicyclic) bond motifs is 1. The molecule has 1 atom stereocenters. The summed E-state index contributed by atoms with van der Waals surface area (Å²) in [6, 6.07) is 8.17. The van der Waals surface area contributed by atoms with E-state index >= 15 is 0 Å². The van der Waals surface area contributed by atoms with Crippen LogP contribution >= 0.6 is 7.14 Å². The van der Waals surface area contributed by atoms with E-state index in [1.165, 1.54) is 24.8 Å². The van der Waals surface area contributed by atoms with E-state index in [9.17, 15) is 9.36 Å². The molecule has 3 aliphatic rings. The lowest BCUT2D eigenvalue weighted by molar-refractivity contribution is -0.117. The third kappa shape index (κ3) is 4.94. The van der Waals surface area contributed by atoms with E-state index < -0.39 is 7.14 Å². The summed E-state index contributed by atoms with van der Waals surface area (Å²) < 4.78 is 21.5. The van der Waals surface area contributed by atoms with Crippen LogP contribution in [0.4, 0.5) is 17.2 Å². The van der Waals surface area contributed by atoms with Crippen molar-refractivity contribution < 1.29 is 14.1 Å². The first-order valence-corrected chi connectivity index (χ1v) is 16.2. The number of benzene rings is 1. The van der Waals surface area contributed by atoms with Gasteiger partial charge in [-0.1, -0.05) is 12.5 Å². The summed E-state index contributed by atoms with van der Waals surface area (Å²) in [5.41, 5.74) is 4.21. The number of hydrogen-bond donors (Lipinski definition) is 2. The molecule has 196 valence electrons. The second-order valence-electron chi connectivity index (χ2n) is 11.2. The number of aromatic nitrogens is 3. The molecule has 3 fully saturated rings. The van der Waals surface area contributed by atoms with Crippen LogP contribution in [-0.2, 0) is 14.1 Å². The molecule has 0 spiro atoms. The van der Waals surface area contributed by atoms with Crippen molar-refractivity contribution in [3.8, 4) is 0 Å². The summed E-state index contributed by atoms with van der Waals surface area (Å²) in [7, 11) is -2.57. The minimum atomic E-state index is -2.57. The van der Waals surface area contributed by atoms with Crippen molar-refractivity contribution in [3.63, 3.8) is 0 Å². The first kappa shape index (κ1) is 24.6. The molecule has 2 aromatic heterocycles. The molecule has 3 heterocycles. The molecule has 9 heteroatoms. The van der Waals surface area contributed by atoms with Gasteiger partial charge in [-0.15, -0.1) is 0 Å². The second kappa shape index (κ2) is 9.55. The molecule has 1 unspecified atom stereocenters. The molecule has 2 aliphatic carbocycles. The minimum Gasteiger partial charge on any atom is -0.358 e. The maximum atomic E-state index is 13.4. The maximum Gasteiger partial charge on any atom is 0.228 e. The van der Waals surface area contributed by atoms with Crippen molar-refractivity contribution >= 4 is 46.7 Å². The Kier molecular flexibility index (Phi) is 6.36. The predicted molar refractivity (Wildman–Crippen MR) is 148 cm³/mol. The van der Waals surface area contributed by atoms with Crippen LogP contribution in [0.25, 0.3) is 11.2 Å². The second-order valence-corrected chi connectivity index (χ2v) is 14.4. The Morgan fingerprint density at radius 3 is 2.49 bits per heavy atom. The molecule has 8 nitrogen and oxygen atoms in total. The van der Waals surface area contributed by atoms with Crippen LogP contribution in [0.1, 0.15) is 74.9 Å². The van der Waals surface area contributed by atoms with Crippen LogP contribution < -0.4 is 15.9 Å². The molecule has 2 saturated carbocycles. The van der Waals surface area contributed by atoms with Gasteiger partial charge in [-0.3, -0.25) is 9.36 Å². The number of anilines is 3. The van der Waals surface area contributed by atoms with Crippen molar-refractivity contribution in [2.75, 3.05) is 30.6 Å². The average molecular weight is 522 g/mol. The number of ether oxygens (including phenoxy) is 1. The standard InChI is InChI=1S/C28H36N5O3P/c1-17-29-26-22(30-21-13-12-20(18-7-6-8-18)15-23(21)37(2,3)35)16-24(32-28(34)19-10-11-19)31-27(26)33(17)25-9-4-5-14-36-25/h12-13,15-16,18-19,25H,4-11,14H2,1-3H3,(H2,30,31,32,34). The lowest BCUT2D eigenvalue weighted by Crippen LogP contribution is -2.20. The van der Waals surface area contributed by atoms with E-state index in [1.807, 2.05) is 32.4 Å². The van der Waals surface area contributed by atoms with E-state index in [1.54, 1.807) is 0 Å². The van der Waals surface area contributed by atoms with Gasteiger partial charge in [0.15, 0.2) is 5.65 Å². The molecule has 0 radical (unpaired) electrons. The fourth-order valence-corrected chi connectivity index (χ4v) is 6.59. The van der Waals surface area contributed by atoms with Crippen molar-refractivity contribution in [1.82, 2.24) is 14.5 Å². The number of pyridine rings is 1. The van der Waals surface area contributed by atoms with Gasteiger partial charge in [-0.25, -0.2) is 9.97 Å². The molecule has 1 amide bonds. The number of imidazole rings is 1. The summed E-state index contributed by atoms with van der Waals surface area (Å²) in [6.07, 6.45) is 8.40. The molecule has 1 aromatic carbocycles. The van der Waals surface area contributed by atoms with Gasteiger partial charge in [0, 0.05) is 29.6 Å². The summed E-state index contributed by atoms with van der Waals surface area (Å²) in [4.78, 5) is 22.4. The third-order valence-electron chi connectivity index (χ3n) is 7.92. The topological polar surface area (TPSA) is 98.1 Å². The van der Waals surface area contributed by atoms with Gasteiger partial charge in [0.1, 0.15) is 30.5 Å². The Balaban J connectivity index is 1.44. The quantitative estimate of drug-likeness (QED) is 0.368. The summed E-state index contributed by atoms with van der Waals surface area (Å²) in [5.74, 6) is 1.95. The highest BCUT2D eigenvalue weighted by atomic mass is 31.2. The zero-order chi connectivity index (χ0) is 25.7. The molecule has 1 aliphatic heterocycles. The van der Waals surface area contributed by atoms with E-state index in [0.29, 0.717) is 29.5 Å². The Hall–Kier alpha value is -2.70. The largest absolute Gasteiger partial charge is 0.358 e. The maximum absolute atomic E-state index is 13.4. The molecular formula is C28H36N5O3P. The van der Waals surface area contributed by atoms with E-state index in [2.05, 4.69) is 27.3 Å². The lowest BCUT2D eigenvalue weighted by atomic mass is 9.80. The Morgan fingerprint density at radius 1 is 1.03 bits per heavy atom. The number of hydrogen-bond acceptors (Lipinski definition) is 6. The van der Waals surface area contributed by atoms with E-state index in [4.69, 9.17) is 14.7 Å². The molecule has 6 rings (SSSR count). The number of rotatable bonds is 7. The zero-order valence-corrected chi connectivity index (χ0v) is 22.8. The first-order valence-electron chi connectivity index (χ1n) is 13.6. The summed E-state index contributed by atoms with van der Waals surface area (Å²) >= 11 is 0. The summed E-state index contributed by atoms with van der Waals surface area (Å²) in [5, 5.41) is 7.41. The van der Waals surface area contributed by atoms with Crippen LogP contribution in [-0.4, -0.2) is 40.4 Å². The average Bonchev–Trinajstić information content (AvgIpc) is 3.62. The predicted octanol–water partition coefficient (Wildman–Crippen LogP) is 6.05. The molecule has 37 heavy (non-hydrogen) atoms. The highest BCUT2D eigenvalue weighted by Gasteiger charge is 2.31. The van der Waals surface area contributed by atoms with Crippen LogP contribution in [0.3, 0.4) is 0 Å². The van der Waals surface area contributed by atoms with Crippen LogP contribution in [0.15, 0.2) is 24.3 Å². The third-order valence-corrected chi connectivity index (χ3v) is 9.45. The van der Waals surface area contributed by atoms with Crippen molar-refractivity contribution in [2.24, 2.45) is 5.92 Å². The smallest absolute Gasteiger partial charge is 0.228 e. The molecule has 2 N–H and O–H groups in total. The highest BCUT2D eigenvalue weighted by molar-refractivity contribution is 7.70. The zero-order valence-electron chi connectivity index (χ0n) is 21.9. The van der Waals surface area contributed by atoms with Gasteiger partial charge in [-0.2, -0.15) is 0 Å². The molecular weight excluding hydrogens is 485 g/mol. The number of aryl methyl sites for hydroxylation is 1. The number of carbonyl (C=O) groups is 1. The monoisotopic (exact) mass is 521 g/mol. The number of carbonyl (C=O) groups excluding carboxylic acids is 1. The fourth-order valence-electron chi connectivity index (χ4n) is 5.42. The van der Waals surface area contributed by atoms with Crippen molar-refractivity contribution in [1.29, 1.82) is 0 Å². The molecule has 3 aromatic rings. The van der Waals surface area contributed by atoms with Crippen LogP contribution in [0, 0.1) is 12.8 Å². The van der Waals surface area contributed by atoms with Crippen LogP contribution in [0.5, 0.6) is 0 Å². The van der Waals surface area contributed by atoms with Gasteiger partial charge in [0.2, 0.25) is 5.91 Å². The van der Waals surface area contributed by atoms with Gasteiger partial charge in [-0.05, 0) is 88.8 Å². The van der Waals surface area contributed by atoms with Crippen LogP contribution in [0.2, 0.25) is 0 Å². The van der Waals surface area contributed by atoms with Gasteiger partial charge >= 0.3 is 0 Å². The van der Waals surface area contributed by atoms with E-state index in [-0.39, 0.29) is 18.1 Å². The highest BCUT2D eigenvalue weighted by Crippen LogP contribution is 2.43.